The van der Waals surface area contributed by atoms with Crippen molar-refractivity contribution >= 4 is 15.7 Å². The maximum absolute atomic E-state index is 12.9. The molecular weight excluding hydrogens is 336 g/mol. The summed E-state index contributed by atoms with van der Waals surface area (Å²) in [6.07, 6.45) is 0. The van der Waals surface area contributed by atoms with Crippen molar-refractivity contribution in [3.8, 4) is 5.75 Å². The summed E-state index contributed by atoms with van der Waals surface area (Å²) in [6, 6.07) is 13.2. The molecular formula is C19H24N2O3S. The SMILES string of the molecule is COc1ccc(N2CCN(S(=O)(=O)c3ccc(C)c(C)c3)CC2)cc1. The molecule has 6 heteroatoms. The van der Waals surface area contributed by atoms with Gasteiger partial charge < -0.3 is 9.64 Å². The molecule has 0 N–H and O–H groups in total. The zero-order valence-corrected chi connectivity index (χ0v) is 15.7. The van der Waals surface area contributed by atoms with Crippen LogP contribution in [0.4, 0.5) is 5.69 Å². The Kier molecular flexibility index (Phi) is 5.01. The number of piperazine rings is 1. The van der Waals surface area contributed by atoms with Gasteiger partial charge in [-0.15, -0.1) is 0 Å². The summed E-state index contributed by atoms with van der Waals surface area (Å²) in [5.74, 6) is 0.819. The van der Waals surface area contributed by atoms with E-state index in [0.717, 1.165) is 22.6 Å². The molecule has 0 radical (unpaired) electrons. The lowest BCUT2D eigenvalue weighted by Crippen LogP contribution is -2.48. The lowest BCUT2D eigenvalue weighted by Gasteiger charge is -2.35. The number of anilines is 1. The van der Waals surface area contributed by atoms with E-state index in [1.165, 1.54) is 0 Å². The summed E-state index contributed by atoms with van der Waals surface area (Å²) in [4.78, 5) is 2.58. The third-order valence-corrected chi connectivity index (χ3v) is 6.69. The fourth-order valence-electron chi connectivity index (χ4n) is 3.00. The minimum atomic E-state index is -3.43. The minimum absolute atomic E-state index is 0.383. The predicted octanol–water partition coefficient (Wildman–Crippen LogP) is 2.82. The largest absolute Gasteiger partial charge is 0.497 e. The molecule has 25 heavy (non-hydrogen) atoms. The molecule has 0 aromatic heterocycles. The molecule has 1 heterocycles. The number of methoxy groups -OCH3 is 1. The van der Waals surface area contributed by atoms with Crippen molar-refractivity contribution in [2.75, 3.05) is 38.2 Å². The van der Waals surface area contributed by atoms with E-state index in [2.05, 4.69) is 4.90 Å². The van der Waals surface area contributed by atoms with E-state index >= 15 is 0 Å². The maximum Gasteiger partial charge on any atom is 0.243 e. The van der Waals surface area contributed by atoms with Crippen LogP contribution in [0, 0.1) is 13.8 Å². The van der Waals surface area contributed by atoms with Crippen molar-refractivity contribution in [2.45, 2.75) is 18.7 Å². The first-order valence-corrected chi connectivity index (χ1v) is 9.82. The average Bonchev–Trinajstić information content (AvgIpc) is 2.64. The van der Waals surface area contributed by atoms with E-state index in [9.17, 15) is 8.42 Å². The van der Waals surface area contributed by atoms with Gasteiger partial charge in [-0.1, -0.05) is 6.07 Å². The molecule has 1 saturated heterocycles. The summed E-state index contributed by atoms with van der Waals surface area (Å²) in [6.45, 7) is 6.25. The van der Waals surface area contributed by atoms with Crippen LogP contribution in [0.3, 0.4) is 0 Å². The van der Waals surface area contributed by atoms with Gasteiger partial charge in [-0.05, 0) is 61.4 Å². The second-order valence-electron chi connectivity index (χ2n) is 6.34. The van der Waals surface area contributed by atoms with E-state index < -0.39 is 10.0 Å². The van der Waals surface area contributed by atoms with Gasteiger partial charge in [0.1, 0.15) is 5.75 Å². The first-order chi connectivity index (χ1) is 11.9. The van der Waals surface area contributed by atoms with Gasteiger partial charge in [0, 0.05) is 31.9 Å². The number of hydrogen-bond donors (Lipinski definition) is 0. The van der Waals surface area contributed by atoms with Gasteiger partial charge in [0.25, 0.3) is 0 Å². The van der Waals surface area contributed by atoms with Crippen LogP contribution in [0.15, 0.2) is 47.4 Å². The fourth-order valence-corrected chi connectivity index (χ4v) is 4.51. The summed E-state index contributed by atoms with van der Waals surface area (Å²) < 4.78 is 32.5. The Morgan fingerprint density at radius 2 is 1.52 bits per heavy atom. The van der Waals surface area contributed by atoms with Crippen LogP contribution in [0.2, 0.25) is 0 Å². The highest BCUT2D eigenvalue weighted by Gasteiger charge is 2.28. The number of aryl methyl sites for hydroxylation is 2. The molecule has 0 atom stereocenters. The van der Waals surface area contributed by atoms with E-state index in [-0.39, 0.29) is 0 Å². The number of rotatable bonds is 4. The fraction of sp³-hybridized carbons (Fsp3) is 0.368. The van der Waals surface area contributed by atoms with Gasteiger partial charge in [-0.2, -0.15) is 4.31 Å². The van der Waals surface area contributed by atoms with Crippen LogP contribution in [0.5, 0.6) is 5.75 Å². The normalized spacial score (nSPS) is 16.0. The lowest BCUT2D eigenvalue weighted by atomic mass is 10.1. The first kappa shape index (κ1) is 17.8. The van der Waals surface area contributed by atoms with E-state index in [4.69, 9.17) is 4.74 Å². The number of sulfonamides is 1. The predicted molar refractivity (Wildman–Crippen MR) is 99.9 cm³/mol. The molecule has 5 nitrogen and oxygen atoms in total. The Balaban J connectivity index is 1.71. The third-order valence-electron chi connectivity index (χ3n) is 4.79. The van der Waals surface area contributed by atoms with Gasteiger partial charge in [0.05, 0.1) is 12.0 Å². The average molecular weight is 360 g/mol. The lowest BCUT2D eigenvalue weighted by molar-refractivity contribution is 0.384. The molecule has 0 bridgehead atoms. The quantitative estimate of drug-likeness (QED) is 0.841. The highest BCUT2D eigenvalue weighted by Crippen LogP contribution is 2.24. The molecule has 1 aliphatic heterocycles. The molecule has 1 fully saturated rings. The Morgan fingerprint density at radius 3 is 2.08 bits per heavy atom. The first-order valence-electron chi connectivity index (χ1n) is 8.38. The zero-order valence-electron chi connectivity index (χ0n) is 14.9. The number of benzene rings is 2. The highest BCUT2D eigenvalue weighted by atomic mass is 32.2. The molecule has 2 aromatic carbocycles. The molecule has 134 valence electrons. The molecule has 0 amide bonds. The Bertz CT molecular complexity index is 839. The molecule has 1 aliphatic rings. The second-order valence-corrected chi connectivity index (χ2v) is 8.27. The Labute approximate surface area is 149 Å². The van der Waals surface area contributed by atoms with Crippen LogP contribution >= 0.6 is 0 Å². The van der Waals surface area contributed by atoms with Gasteiger partial charge in [0.2, 0.25) is 10.0 Å². The van der Waals surface area contributed by atoms with Gasteiger partial charge >= 0.3 is 0 Å². The van der Waals surface area contributed by atoms with Gasteiger partial charge in [0.15, 0.2) is 0 Å². The van der Waals surface area contributed by atoms with Crippen molar-refractivity contribution in [1.82, 2.24) is 4.31 Å². The van der Waals surface area contributed by atoms with Crippen LogP contribution in [-0.4, -0.2) is 46.0 Å². The standard InChI is InChI=1S/C19H24N2O3S/c1-15-4-9-19(14-16(15)2)25(22,23)21-12-10-20(11-13-21)17-5-7-18(24-3)8-6-17/h4-9,14H,10-13H2,1-3H3. The number of ether oxygens (including phenoxy) is 1. The highest BCUT2D eigenvalue weighted by molar-refractivity contribution is 7.89. The van der Waals surface area contributed by atoms with Crippen molar-refractivity contribution in [1.29, 1.82) is 0 Å². The van der Waals surface area contributed by atoms with E-state index in [1.54, 1.807) is 23.5 Å². The topological polar surface area (TPSA) is 49.9 Å². The van der Waals surface area contributed by atoms with Crippen molar-refractivity contribution in [3.05, 3.63) is 53.6 Å². The van der Waals surface area contributed by atoms with Crippen LogP contribution in [-0.2, 0) is 10.0 Å². The smallest absolute Gasteiger partial charge is 0.243 e. The van der Waals surface area contributed by atoms with Gasteiger partial charge in [-0.3, -0.25) is 0 Å². The van der Waals surface area contributed by atoms with Crippen LogP contribution in [0.25, 0.3) is 0 Å². The number of hydrogen-bond acceptors (Lipinski definition) is 4. The molecule has 3 rings (SSSR count). The maximum atomic E-state index is 12.9. The summed E-state index contributed by atoms with van der Waals surface area (Å²) in [5.41, 5.74) is 3.19. The van der Waals surface area contributed by atoms with Crippen molar-refractivity contribution in [3.63, 3.8) is 0 Å². The van der Waals surface area contributed by atoms with Crippen molar-refractivity contribution in [2.24, 2.45) is 0 Å². The summed E-state index contributed by atoms with van der Waals surface area (Å²) in [5, 5.41) is 0. The van der Waals surface area contributed by atoms with Crippen molar-refractivity contribution < 1.29 is 13.2 Å². The van der Waals surface area contributed by atoms with Gasteiger partial charge in [-0.25, -0.2) is 8.42 Å². The summed E-state index contributed by atoms with van der Waals surface area (Å²) in [7, 11) is -1.79. The Morgan fingerprint density at radius 1 is 0.880 bits per heavy atom. The molecule has 0 saturated carbocycles. The molecule has 0 spiro atoms. The molecule has 0 aliphatic carbocycles. The second kappa shape index (κ2) is 7.06. The zero-order chi connectivity index (χ0) is 18.0. The number of nitrogens with zero attached hydrogens (tertiary/aromatic N) is 2. The molecule has 2 aromatic rings. The van der Waals surface area contributed by atoms with Crippen LogP contribution in [0.1, 0.15) is 11.1 Å². The Hall–Kier alpha value is -2.05. The van der Waals surface area contributed by atoms with E-state index in [1.807, 2.05) is 44.2 Å². The third kappa shape index (κ3) is 3.65. The minimum Gasteiger partial charge on any atom is -0.497 e. The van der Waals surface area contributed by atoms with E-state index in [0.29, 0.717) is 31.1 Å². The van der Waals surface area contributed by atoms with Crippen LogP contribution < -0.4 is 9.64 Å². The monoisotopic (exact) mass is 360 g/mol. The summed E-state index contributed by atoms with van der Waals surface area (Å²) >= 11 is 0. The molecule has 0 unspecified atom stereocenters.